The molecule has 3 heterocycles. The van der Waals surface area contributed by atoms with Crippen LogP contribution in [0, 0.1) is 11.8 Å². The van der Waals surface area contributed by atoms with Crippen molar-refractivity contribution in [2.24, 2.45) is 11.8 Å². The van der Waals surface area contributed by atoms with Crippen molar-refractivity contribution in [1.82, 2.24) is 20.4 Å². The normalized spacial score (nSPS) is 21.0. The van der Waals surface area contributed by atoms with Gasteiger partial charge >= 0.3 is 0 Å². The lowest BCUT2D eigenvalue weighted by atomic mass is 9.92. The number of carbonyl (C=O) groups is 1. The van der Waals surface area contributed by atoms with E-state index >= 15 is 0 Å². The van der Waals surface area contributed by atoms with Crippen LogP contribution in [0.3, 0.4) is 0 Å². The molecule has 0 aliphatic carbocycles. The van der Waals surface area contributed by atoms with Gasteiger partial charge < -0.3 is 14.7 Å². The monoisotopic (exact) mass is 376 g/mol. The van der Waals surface area contributed by atoms with E-state index in [4.69, 9.17) is 4.52 Å². The average Bonchev–Trinajstić information content (AvgIpc) is 3.27. The molecule has 0 spiro atoms. The van der Waals surface area contributed by atoms with Crippen molar-refractivity contribution in [2.45, 2.75) is 39.5 Å². The lowest BCUT2D eigenvalue weighted by Crippen LogP contribution is -2.40. The highest BCUT2D eigenvalue weighted by molar-refractivity contribution is 7.13. The molecule has 6 nitrogen and oxygen atoms in total. The highest BCUT2D eigenvalue weighted by Crippen LogP contribution is 2.22. The quantitative estimate of drug-likeness (QED) is 0.716. The fraction of sp³-hybridized carbons (Fsp3) is 0.632. The van der Waals surface area contributed by atoms with E-state index in [2.05, 4.69) is 34.2 Å². The minimum Gasteiger partial charge on any atom is -0.356 e. The third kappa shape index (κ3) is 5.64. The van der Waals surface area contributed by atoms with E-state index in [-0.39, 0.29) is 5.91 Å². The van der Waals surface area contributed by atoms with Crippen LogP contribution in [0.25, 0.3) is 10.7 Å². The van der Waals surface area contributed by atoms with E-state index in [1.54, 1.807) is 11.3 Å². The summed E-state index contributed by atoms with van der Waals surface area (Å²) in [5.74, 6) is 2.71. The van der Waals surface area contributed by atoms with Gasteiger partial charge in [0.25, 0.3) is 0 Å². The van der Waals surface area contributed by atoms with Crippen LogP contribution in [0.4, 0.5) is 0 Å². The van der Waals surface area contributed by atoms with Crippen molar-refractivity contribution in [3.8, 4) is 10.7 Å². The number of thiophene rings is 1. The Kier molecular flexibility index (Phi) is 6.80. The molecule has 1 aliphatic heterocycles. The molecular weight excluding hydrogens is 348 g/mol. The maximum absolute atomic E-state index is 12.0. The van der Waals surface area contributed by atoms with Crippen LogP contribution in [0.15, 0.2) is 22.0 Å². The summed E-state index contributed by atoms with van der Waals surface area (Å²) in [6, 6.07) is 3.91. The van der Waals surface area contributed by atoms with Gasteiger partial charge in [0.1, 0.15) is 0 Å². The zero-order chi connectivity index (χ0) is 18.4. The molecule has 1 N–H and O–H groups in total. The smallest absolute Gasteiger partial charge is 0.227 e. The van der Waals surface area contributed by atoms with Gasteiger partial charge in [-0.25, -0.2) is 0 Å². The summed E-state index contributed by atoms with van der Waals surface area (Å²) in [6.45, 7) is 8.80. The van der Waals surface area contributed by atoms with Crippen LogP contribution in [0.1, 0.15) is 39.0 Å². The Balaban J connectivity index is 1.31. The zero-order valence-electron chi connectivity index (χ0n) is 15.6. The number of nitrogens with zero attached hydrogens (tertiary/aromatic N) is 3. The van der Waals surface area contributed by atoms with E-state index in [9.17, 15) is 4.79 Å². The molecule has 1 saturated heterocycles. The molecule has 2 unspecified atom stereocenters. The molecule has 0 radical (unpaired) electrons. The molecule has 0 bridgehead atoms. The highest BCUT2D eigenvalue weighted by Gasteiger charge is 2.21. The first-order chi connectivity index (χ1) is 12.6. The van der Waals surface area contributed by atoms with Crippen molar-refractivity contribution < 1.29 is 9.32 Å². The predicted octanol–water partition coefficient (Wildman–Crippen LogP) is 3.21. The number of rotatable bonds is 8. The zero-order valence-corrected chi connectivity index (χ0v) is 16.4. The lowest BCUT2D eigenvalue weighted by Gasteiger charge is -2.34. The first kappa shape index (κ1) is 19.0. The van der Waals surface area contributed by atoms with Crippen LogP contribution < -0.4 is 5.32 Å². The molecule has 2 atom stereocenters. The Morgan fingerprint density at radius 3 is 2.92 bits per heavy atom. The number of nitrogens with one attached hydrogen (secondary N) is 1. The lowest BCUT2D eigenvalue weighted by molar-refractivity contribution is -0.121. The summed E-state index contributed by atoms with van der Waals surface area (Å²) in [6.07, 6.45) is 3.18. The van der Waals surface area contributed by atoms with Crippen LogP contribution in [0.5, 0.6) is 0 Å². The second-order valence-electron chi connectivity index (χ2n) is 7.40. The van der Waals surface area contributed by atoms with Gasteiger partial charge in [-0.15, -0.1) is 11.3 Å². The van der Waals surface area contributed by atoms with Gasteiger partial charge in [-0.3, -0.25) is 4.79 Å². The van der Waals surface area contributed by atoms with Gasteiger partial charge in [0, 0.05) is 32.5 Å². The van der Waals surface area contributed by atoms with E-state index in [1.165, 1.54) is 19.5 Å². The molecule has 7 heteroatoms. The number of carbonyl (C=O) groups excluding carboxylic acids is 1. The maximum atomic E-state index is 12.0. The molecular formula is C19H28N4O2S. The van der Waals surface area contributed by atoms with Crippen LogP contribution in [-0.2, 0) is 11.2 Å². The molecule has 0 saturated carbocycles. The average molecular weight is 377 g/mol. The Labute approximate surface area is 159 Å². The first-order valence-electron chi connectivity index (χ1n) is 9.45. The SMILES string of the molecule is CC1CC(C)CN(CCCNC(=O)CCc2nc(-c3cccs3)no2)C1. The number of aryl methyl sites for hydroxylation is 1. The Hall–Kier alpha value is -1.73. The molecule has 0 aromatic carbocycles. The number of likely N-dealkylation sites (tertiary alicyclic amines) is 1. The molecule has 26 heavy (non-hydrogen) atoms. The van der Waals surface area contributed by atoms with Gasteiger partial charge in [-0.1, -0.05) is 25.1 Å². The molecule has 1 fully saturated rings. The van der Waals surface area contributed by atoms with E-state index in [0.29, 0.717) is 24.6 Å². The number of hydrogen-bond acceptors (Lipinski definition) is 6. The van der Waals surface area contributed by atoms with Crippen molar-refractivity contribution in [2.75, 3.05) is 26.2 Å². The van der Waals surface area contributed by atoms with E-state index in [1.807, 2.05) is 17.5 Å². The second-order valence-corrected chi connectivity index (χ2v) is 8.35. The number of amides is 1. The van der Waals surface area contributed by atoms with Crippen LogP contribution in [-0.4, -0.2) is 47.1 Å². The van der Waals surface area contributed by atoms with Gasteiger partial charge in [0.2, 0.25) is 17.6 Å². The number of hydrogen-bond donors (Lipinski definition) is 1. The van der Waals surface area contributed by atoms with Gasteiger partial charge in [-0.05, 0) is 42.7 Å². The van der Waals surface area contributed by atoms with Crippen molar-refractivity contribution in [3.63, 3.8) is 0 Å². The summed E-state index contributed by atoms with van der Waals surface area (Å²) >= 11 is 1.57. The summed E-state index contributed by atoms with van der Waals surface area (Å²) in [7, 11) is 0. The molecule has 142 valence electrons. The van der Waals surface area contributed by atoms with Crippen molar-refractivity contribution in [1.29, 1.82) is 0 Å². The third-order valence-electron chi connectivity index (χ3n) is 4.69. The van der Waals surface area contributed by atoms with E-state index < -0.39 is 0 Å². The summed E-state index contributed by atoms with van der Waals surface area (Å²) in [5, 5.41) is 8.94. The van der Waals surface area contributed by atoms with Gasteiger partial charge in [0.15, 0.2) is 0 Å². The number of piperidine rings is 1. The Bertz CT molecular complexity index is 676. The van der Waals surface area contributed by atoms with E-state index in [0.717, 1.165) is 36.2 Å². The van der Waals surface area contributed by atoms with Crippen molar-refractivity contribution in [3.05, 3.63) is 23.4 Å². The topological polar surface area (TPSA) is 71.3 Å². The van der Waals surface area contributed by atoms with Crippen LogP contribution >= 0.6 is 11.3 Å². The molecule has 2 aromatic heterocycles. The van der Waals surface area contributed by atoms with Crippen molar-refractivity contribution >= 4 is 17.2 Å². The van der Waals surface area contributed by atoms with Gasteiger partial charge in [-0.2, -0.15) is 4.98 Å². The minimum absolute atomic E-state index is 0.0428. The largest absolute Gasteiger partial charge is 0.356 e. The molecule has 1 aliphatic rings. The maximum Gasteiger partial charge on any atom is 0.227 e. The summed E-state index contributed by atoms with van der Waals surface area (Å²) in [4.78, 5) is 19.8. The molecule has 2 aromatic rings. The van der Waals surface area contributed by atoms with Gasteiger partial charge in [0.05, 0.1) is 4.88 Å². The highest BCUT2D eigenvalue weighted by atomic mass is 32.1. The summed E-state index contributed by atoms with van der Waals surface area (Å²) in [5.41, 5.74) is 0. The Morgan fingerprint density at radius 2 is 2.19 bits per heavy atom. The second kappa shape index (κ2) is 9.28. The molecule has 3 rings (SSSR count). The number of aromatic nitrogens is 2. The fourth-order valence-corrected chi connectivity index (χ4v) is 4.33. The summed E-state index contributed by atoms with van der Waals surface area (Å²) < 4.78 is 5.22. The first-order valence-corrected chi connectivity index (χ1v) is 10.3. The fourth-order valence-electron chi connectivity index (χ4n) is 3.68. The third-order valence-corrected chi connectivity index (χ3v) is 5.56. The predicted molar refractivity (Wildman–Crippen MR) is 103 cm³/mol. The molecule has 1 amide bonds. The standard InChI is InChI=1S/C19H28N4O2S/c1-14-11-15(2)13-23(12-14)9-4-8-20-17(24)6-7-18-21-19(22-25-18)16-5-3-10-26-16/h3,5,10,14-15H,4,6-9,11-13H2,1-2H3,(H,20,24). The minimum atomic E-state index is 0.0428. The van der Waals surface area contributed by atoms with Crippen LogP contribution in [0.2, 0.25) is 0 Å². The Morgan fingerprint density at radius 1 is 1.38 bits per heavy atom.